The van der Waals surface area contributed by atoms with Crippen LogP contribution in [0.2, 0.25) is 0 Å². The number of aryl methyl sites for hydroxylation is 1. The van der Waals surface area contributed by atoms with Gasteiger partial charge in [-0.25, -0.2) is 4.79 Å². The van der Waals surface area contributed by atoms with Crippen molar-refractivity contribution in [2.45, 2.75) is 311 Å². The van der Waals surface area contributed by atoms with Gasteiger partial charge in [-0.3, -0.25) is 57.9 Å². The summed E-state index contributed by atoms with van der Waals surface area (Å²) in [5, 5.41) is 97.9. The standard InChI is InChI=1S/C61H87N5O12.C19H32N2O8S.C12H22O7.C7H16O4.CO2/c1-9-41(35-67)78-51(75-8)36-77-50(70)22-16-21-49(69)62-39(5)53(71)76-29-15-14-20-48(68)61(74)55-60(25-28-66-26-17-24-59(11-3,54(60)66)56(61)72)45-31-44(38(4)30-47(45)64(55)7)57(6)32-40-33-58(73,10-2)37-65(34-40)27-23-43-42-18-12-13-19-46(42)63-52(43)57;1-4-13(11-22)29-18(27-2)12-28-17(25)7-5-6-15(23)20-8-9-21-16(24)10-14(30-3)19(21)26;1-3-9(7-13)19-12(17-2)8-18-11(16)6-4-5-10(14)15;1-3-6(4-8)11-7(5-9)10-2;2-1-3/h12-13,17-19,24,30-31,39-41,51,54-56,63,67,72-74H,9-11,14-16,20-23,25-29,32-37H2,1-8H3,(H,62,69);13-14,18,22H,4-12H2,1-3H3,(H,20,23);9,12-13H,3-8H2,1-2H3,(H,14,15);6-9H,3-5H2,1-2H3;/t39?,40-,41?,51?,54?,55?,56+,57+,58?,59+,60?,61-;;;;/m0..../s1. The lowest BCUT2D eigenvalue weighted by Crippen LogP contribution is -2.80. The van der Waals surface area contributed by atoms with E-state index in [2.05, 4.69) is 107 Å². The number of para-hydroxylation sites is 1. The molecule has 6 aliphatic heterocycles. The average Bonchev–Trinajstić information content (AvgIpc) is 1.48. The number of carbonyl (C=O) groups excluding carboxylic acids is 11. The average molecular weight is 2020 g/mol. The number of carboxylic acids is 1. The van der Waals surface area contributed by atoms with E-state index in [9.17, 15) is 63.6 Å². The van der Waals surface area contributed by atoms with Gasteiger partial charge in [0.2, 0.25) is 23.6 Å². The number of carboxylic acid groups (broad SMARTS) is 1. The molecule has 10 rings (SSSR count). The summed E-state index contributed by atoms with van der Waals surface area (Å²) < 4.78 is 62.2. The predicted octanol–water partition coefficient (Wildman–Crippen LogP) is 5.42. The van der Waals surface area contributed by atoms with E-state index < -0.39 is 125 Å². The molecule has 7 heterocycles. The van der Waals surface area contributed by atoms with Gasteiger partial charge in [0.05, 0.1) is 80.9 Å². The molecule has 1 aliphatic carbocycles. The van der Waals surface area contributed by atoms with Crippen LogP contribution >= 0.6 is 11.8 Å². The number of likely N-dealkylation sites (tertiary alicyclic amines) is 1. The number of aliphatic hydroxyl groups excluding tert-OH is 6. The molecule has 796 valence electrons. The maximum absolute atomic E-state index is 15.2. The van der Waals surface area contributed by atoms with E-state index in [-0.39, 0.29) is 196 Å². The first-order chi connectivity index (χ1) is 67.3. The van der Waals surface area contributed by atoms with Gasteiger partial charge in [-0.05, 0) is 170 Å². The lowest BCUT2D eigenvalue weighted by molar-refractivity contribution is -0.202. The van der Waals surface area contributed by atoms with Crippen LogP contribution in [0.1, 0.15) is 225 Å². The number of piperidine rings is 1. The summed E-state index contributed by atoms with van der Waals surface area (Å²) in [4.78, 5) is 151. The second kappa shape index (κ2) is 59.9. The van der Waals surface area contributed by atoms with Gasteiger partial charge in [-0.2, -0.15) is 21.4 Å². The maximum atomic E-state index is 15.2. The minimum Gasteiger partial charge on any atom is -0.481 e. The number of ketones is 1. The molecule has 40 nitrogen and oxygen atoms in total. The number of esters is 4. The molecule has 7 aliphatic rings. The zero-order valence-corrected chi connectivity index (χ0v) is 85.6. The number of unbranched alkanes of at least 4 members (excludes halogenated alkanes) is 1. The van der Waals surface area contributed by atoms with Gasteiger partial charge in [-0.15, -0.1) is 0 Å². The zero-order valence-electron chi connectivity index (χ0n) is 84.8. The van der Waals surface area contributed by atoms with Gasteiger partial charge in [0.1, 0.15) is 32.0 Å². The Bertz CT molecular complexity index is 4490. The smallest absolute Gasteiger partial charge is 0.373 e. The number of aromatic nitrogens is 1. The topological polar surface area (TPSA) is 550 Å². The van der Waals surface area contributed by atoms with E-state index in [1.165, 1.54) is 74.2 Å². The summed E-state index contributed by atoms with van der Waals surface area (Å²) in [7, 11) is 7.66. The minimum atomic E-state index is -2.17. The highest BCUT2D eigenvalue weighted by molar-refractivity contribution is 8.00. The van der Waals surface area contributed by atoms with Gasteiger partial charge in [0.15, 0.2) is 36.5 Å². The summed E-state index contributed by atoms with van der Waals surface area (Å²) in [6.07, 6.45) is 8.73. The number of nitrogens with zero attached hydrogens (tertiary/aromatic N) is 4. The van der Waals surface area contributed by atoms with Crippen molar-refractivity contribution in [3.05, 3.63) is 76.5 Å². The first-order valence-corrected chi connectivity index (χ1v) is 50.5. The van der Waals surface area contributed by atoms with Gasteiger partial charge in [0, 0.05) is 171 Å². The van der Waals surface area contributed by atoms with Crippen molar-refractivity contribution in [1.82, 2.24) is 30.3 Å². The Morgan fingerprint density at radius 2 is 1.18 bits per heavy atom. The summed E-state index contributed by atoms with van der Waals surface area (Å²) in [5.74, 6) is -4.47. The Morgan fingerprint density at radius 3 is 1.67 bits per heavy atom. The molecule has 0 radical (unpaired) electrons. The molecule has 15 unspecified atom stereocenters. The lowest BCUT2D eigenvalue weighted by Gasteiger charge is -2.63. The van der Waals surface area contributed by atoms with Crippen LogP contribution < -0.4 is 15.5 Å². The Morgan fingerprint density at radius 1 is 0.645 bits per heavy atom. The number of ether oxygens (including phenoxy) is 12. The summed E-state index contributed by atoms with van der Waals surface area (Å²) >= 11 is 1.34. The molecule has 2 bridgehead atoms. The number of aromatic amines is 1. The lowest BCUT2D eigenvalue weighted by atomic mass is 9.47. The van der Waals surface area contributed by atoms with Gasteiger partial charge in [0.25, 0.3) is 0 Å². The molecule has 1 saturated carbocycles. The van der Waals surface area contributed by atoms with Crippen molar-refractivity contribution in [3.8, 4) is 0 Å². The molecule has 1 spiro atoms. The summed E-state index contributed by atoms with van der Waals surface area (Å²) in [5.41, 5.74) is 2.93. The van der Waals surface area contributed by atoms with Crippen molar-refractivity contribution < 1.29 is 160 Å². The number of hydrogen-bond donors (Lipinski definition) is 12. The molecular formula is C100H157N7O33S. The van der Waals surface area contributed by atoms with Gasteiger partial charge in [-0.1, -0.05) is 78.0 Å². The van der Waals surface area contributed by atoms with E-state index >= 15 is 4.79 Å². The Labute approximate surface area is 831 Å². The molecule has 1 aromatic heterocycles. The van der Waals surface area contributed by atoms with E-state index in [1.54, 1.807) is 6.26 Å². The third-order valence-electron chi connectivity index (χ3n) is 27.8. The number of hydrogen-bond acceptors (Lipinski definition) is 36. The van der Waals surface area contributed by atoms with Crippen LogP contribution in [-0.2, 0) is 132 Å². The molecule has 20 atom stereocenters. The number of H-pyrrole nitrogens is 1. The second-order valence-electron chi connectivity index (χ2n) is 37.0. The number of likely N-dealkylation sites (N-methyl/N-ethyl adjacent to an activating group) is 1. The van der Waals surface area contributed by atoms with Crippen molar-refractivity contribution in [2.24, 2.45) is 11.3 Å². The van der Waals surface area contributed by atoms with Crippen LogP contribution in [0.4, 0.5) is 5.69 Å². The Hall–Kier alpha value is -8.37. The van der Waals surface area contributed by atoms with Crippen LogP contribution in [0.25, 0.3) is 10.9 Å². The van der Waals surface area contributed by atoms with E-state index in [0.29, 0.717) is 70.9 Å². The van der Waals surface area contributed by atoms with Crippen LogP contribution in [-0.4, -0.2) is 368 Å². The number of anilines is 1. The number of benzene rings is 2. The number of amides is 4. The van der Waals surface area contributed by atoms with Crippen LogP contribution in [0.15, 0.2) is 48.6 Å². The molecule has 41 heteroatoms. The largest absolute Gasteiger partial charge is 0.481 e. The third-order valence-corrected chi connectivity index (χ3v) is 28.7. The van der Waals surface area contributed by atoms with Crippen LogP contribution in [0, 0.1) is 18.3 Å². The van der Waals surface area contributed by atoms with E-state index in [1.807, 2.05) is 34.7 Å². The monoisotopic (exact) mass is 2020 g/mol. The van der Waals surface area contributed by atoms with Gasteiger partial charge < -0.3 is 123 Å². The number of rotatable bonds is 54. The highest BCUT2D eigenvalue weighted by Gasteiger charge is 2.78. The van der Waals surface area contributed by atoms with Crippen LogP contribution in [0.3, 0.4) is 0 Å². The number of imide groups is 1. The highest BCUT2D eigenvalue weighted by atomic mass is 32.2. The number of aliphatic carboxylic acids is 1. The molecule has 4 amide bonds. The SMILES string of the molecule is CCC(CO)OC(CO)OC.CCC(CO)OC(COC(=O)CCCC(=O)NC(C)C(=O)OCCCCC(=O)[C@]1(O)C2N(C)c3cc(C)c([C@@]4(C)C[C@@H]5CN(CCc6c4[nH]c4ccccc64)CC(O)(CC)C5)cc3C23CCN2CC=C[C@](CC)(C23)[C@H]1O)OC.CCC(CO)OC(COC(=O)CCCC(=O)NCCN1C(=O)CC(SC)C1=O)OC.CCC(CO)OC(COC(=O)CCCC(=O)O)OC.O=C=O. The Kier molecular flexibility index (Phi) is 51.5. The van der Waals surface area contributed by atoms with Gasteiger partial charge >= 0.3 is 36.0 Å². The highest BCUT2D eigenvalue weighted by Crippen LogP contribution is 2.67. The van der Waals surface area contributed by atoms with Crippen LogP contribution in [0.5, 0.6) is 0 Å². The first-order valence-electron chi connectivity index (χ1n) is 49.2. The summed E-state index contributed by atoms with van der Waals surface area (Å²) in [6, 6.07) is 11.4. The third kappa shape index (κ3) is 32.6. The van der Waals surface area contributed by atoms with Crippen molar-refractivity contribution in [3.63, 3.8) is 0 Å². The van der Waals surface area contributed by atoms with Crippen molar-refractivity contribution in [2.75, 3.05) is 152 Å². The van der Waals surface area contributed by atoms with E-state index in [4.69, 9.17) is 92.0 Å². The number of aliphatic hydroxyl groups is 8. The molecule has 12 N–H and O–H groups in total. The minimum absolute atomic E-state index is 0.0183. The molecule has 3 saturated heterocycles. The number of carbonyl (C=O) groups is 10. The van der Waals surface area contributed by atoms with Crippen molar-refractivity contribution in [1.29, 1.82) is 0 Å². The Balaban J connectivity index is 0.000000391. The fourth-order valence-corrected chi connectivity index (χ4v) is 20.9. The molecule has 2 aromatic carbocycles. The molecular weight excluding hydrogens is 1860 g/mol. The first kappa shape index (κ1) is 121. The fraction of sp³-hybridized carbons (Fsp3) is 0.730. The maximum Gasteiger partial charge on any atom is 0.373 e. The fourth-order valence-electron chi connectivity index (χ4n) is 20.3. The number of fused-ring (bicyclic) bond motifs is 6. The number of methoxy groups -OCH3 is 4. The summed E-state index contributed by atoms with van der Waals surface area (Å²) in [6.45, 7) is 20.8. The zero-order chi connectivity index (χ0) is 105. The quantitative estimate of drug-likeness (QED) is 0.00838. The molecule has 4 fully saturated rings. The molecule has 141 heavy (non-hydrogen) atoms. The number of Topliss-reactive ketones (excluding diaryl/α,β-unsaturated/α-hetero) is 1. The van der Waals surface area contributed by atoms with E-state index in [0.717, 1.165) is 61.2 Å². The number of nitrogens with one attached hydrogen (secondary N) is 3. The molecule has 3 aromatic rings. The van der Waals surface area contributed by atoms with Crippen molar-refractivity contribution >= 4 is 93.8 Å². The second-order valence-corrected chi connectivity index (χ2v) is 38.0. The predicted molar refractivity (Wildman–Crippen MR) is 516 cm³/mol. The normalized spacial score (nSPS) is 24.9. The number of thioether (sulfide) groups is 1.